The van der Waals surface area contributed by atoms with E-state index in [0.29, 0.717) is 35.3 Å². The molecule has 1 unspecified atom stereocenters. The number of nitrogens with one attached hydrogen (secondary N) is 2. The smallest absolute Gasteiger partial charge is 0.328 e. The summed E-state index contributed by atoms with van der Waals surface area (Å²) >= 11 is 6.34. The second kappa shape index (κ2) is 9.18. The van der Waals surface area contributed by atoms with Crippen molar-refractivity contribution in [3.05, 3.63) is 21.6 Å². The minimum absolute atomic E-state index is 0.0194. The zero-order valence-corrected chi connectivity index (χ0v) is 19.7. The summed E-state index contributed by atoms with van der Waals surface area (Å²) in [4.78, 5) is 36.9. The van der Waals surface area contributed by atoms with Crippen molar-refractivity contribution >= 4 is 29.2 Å². The van der Waals surface area contributed by atoms with Crippen LogP contribution in [0.5, 0.6) is 0 Å². The average molecular weight is 453 g/mol. The standard InChI is InChI=1S/C22H33ClN4O4/c1-6-15(21(30)31-7-2)26-18(28)11-27-20(29)19(23)17(10-24-27)25-16-9-13-8-14(12(16)3)22(13,4)5/h10,12-16,25H,6-9,11H2,1-5H3,(H,26,28)/t12-,13+,14+,15?,16+/m0/s1. The first kappa shape index (κ1) is 23.6. The van der Waals surface area contributed by atoms with Crippen LogP contribution < -0.4 is 16.2 Å². The zero-order valence-electron chi connectivity index (χ0n) is 18.9. The van der Waals surface area contributed by atoms with Crippen molar-refractivity contribution in [3.63, 3.8) is 0 Å². The minimum Gasteiger partial charge on any atom is -0.464 e. The Bertz CT molecular complexity index is 900. The molecule has 1 amide bonds. The Hall–Kier alpha value is -2.09. The Kier molecular flexibility index (Phi) is 6.98. The van der Waals surface area contributed by atoms with E-state index in [1.54, 1.807) is 13.8 Å². The van der Waals surface area contributed by atoms with E-state index >= 15 is 0 Å². The number of anilines is 1. The van der Waals surface area contributed by atoms with Crippen molar-refractivity contribution in [2.45, 2.75) is 72.5 Å². The van der Waals surface area contributed by atoms with Crippen molar-refractivity contribution in [3.8, 4) is 0 Å². The van der Waals surface area contributed by atoms with Gasteiger partial charge < -0.3 is 15.4 Å². The molecule has 9 heteroatoms. The van der Waals surface area contributed by atoms with Crippen LogP contribution in [0.15, 0.2) is 11.0 Å². The van der Waals surface area contributed by atoms with Gasteiger partial charge in [-0.05, 0) is 49.4 Å². The third kappa shape index (κ3) is 4.59. The van der Waals surface area contributed by atoms with Crippen LogP contribution in [0.4, 0.5) is 5.69 Å². The Morgan fingerprint density at radius 2 is 2.06 bits per heavy atom. The van der Waals surface area contributed by atoms with Crippen molar-refractivity contribution in [1.29, 1.82) is 0 Å². The first-order valence-electron chi connectivity index (χ1n) is 11.1. The highest BCUT2D eigenvalue weighted by Crippen LogP contribution is 2.61. The van der Waals surface area contributed by atoms with Gasteiger partial charge in [-0.25, -0.2) is 9.48 Å². The Morgan fingerprint density at radius 1 is 1.35 bits per heavy atom. The highest BCUT2D eigenvalue weighted by atomic mass is 35.5. The van der Waals surface area contributed by atoms with Gasteiger partial charge in [0.1, 0.15) is 17.6 Å². The monoisotopic (exact) mass is 452 g/mol. The molecule has 3 aliphatic carbocycles. The molecule has 3 aliphatic rings. The molecule has 31 heavy (non-hydrogen) atoms. The van der Waals surface area contributed by atoms with Crippen LogP contribution >= 0.6 is 11.6 Å². The van der Waals surface area contributed by atoms with Crippen LogP contribution in [-0.4, -0.2) is 40.3 Å². The quantitative estimate of drug-likeness (QED) is 0.588. The SMILES string of the molecule is CCOC(=O)C(CC)NC(=O)Cn1ncc(N[C@@H]2C[C@H]3C[C@H]([C@@H]2C)C3(C)C)c(Cl)c1=O. The average Bonchev–Trinajstić information content (AvgIpc) is 2.72. The number of fused-ring (bicyclic) bond motifs is 2. The van der Waals surface area contributed by atoms with Gasteiger partial charge >= 0.3 is 5.97 Å². The molecule has 1 aromatic rings. The van der Waals surface area contributed by atoms with Crippen LogP contribution in [0.2, 0.25) is 5.02 Å². The fourth-order valence-electron chi connectivity index (χ4n) is 5.16. The molecule has 0 spiro atoms. The van der Waals surface area contributed by atoms with Crippen LogP contribution in [0.25, 0.3) is 0 Å². The van der Waals surface area contributed by atoms with Gasteiger partial charge in [0, 0.05) is 6.04 Å². The molecule has 0 saturated heterocycles. The number of hydrogen-bond acceptors (Lipinski definition) is 6. The number of halogens is 1. The number of nitrogens with zero attached hydrogens (tertiary/aromatic N) is 2. The van der Waals surface area contributed by atoms with E-state index in [1.807, 2.05) is 0 Å². The van der Waals surface area contributed by atoms with Gasteiger partial charge in [0.25, 0.3) is 5.56 Å². The summed E-state index contributed by atoms with van der Waals surface area (Å²) in [6.07, 6.45) is 4.19. The molecule has 2 N–H and O–H groups in total. The summed E-state index contributed by atoms with van der Waals surface area (Å²) in [5.41, 5.74) is 0.327. The summed E-state index contributed by atoms with van der Waals surface area (Å²) in [5, 5.41) is 10.1. The first-order chi connectivity index (χ1) is 14.6. The molecule has 3 fully saturated rings. The number of hydrogen-bond donors (Lipinski definition) is 2. The van der Waals surface area contributed by atoms with Gasteiger partial charge in [-0.1, -0.05) is 39.3 Å². The lowest BCUT2D eigenvalue weighted by atomic mass is 9.45. The maximum atomic E-state index is 12.7. The maximum absolute atomic E-state index is 12.7. The van der Waals surface area contributed by atoms with Crippen molar-refractivity contribution in [2.24, 2.45) is 23.2 Å². The van der Waals surface area contributed by atoms with E-state index in [0.717, 1.165) is 11.1 Å². The molecule has 8 nitrogen and oxygen atoms in total. The first-order valence-corrected chi connectivity index (χ1v) is 11.5. The summed E-state index contributed by atoms with van der Waals surface area (Å²) in [7, 11) is 0. The van der Waals surface area contributed by atoms with Crippen LogP contribution in [0, 0.1) is 23.2 Å². The fourth-order valence-corrected chi connectivity index (χ4v) is 5.37. The van der Waals surface area contributed by atoms with Crippen LogP contribution in [-0.2, 0) is 20.9 Å². The third-order valence-electron chi connectivity index (χ3n) is 7.29. The highest BCUT2D eigenvalue weighted by molar-refractivity contribution is 6.32. The lowest BCUT2D eigenvalue weighted by Crippen LogP contribution is -2.58. The number of ether oxygens (including phenoxy) is 1. The molecule has 5 atom stereocenters. The number of carbonyl (C=O) groups excluding carboxylic acids is 2. The molecule has 0 aliphatic heterocycles. The molecular formula is C22H33ClN4O4. The normalized spacial score (nSPS) is 27.0. The van der Waals surface area contributed by atoms with E-state index in [9.17, 15) is 14.4 Å². The fraction of sp³-hybridized carbons (Fsp3) is 0.727. The van der Waals surface area contributed by atoms with Gasteiger partial charge in [0.05, 0.1) is 18.5 Å². The molecule has 2 bridgehead atoms. The number of carbonyl (C=O) groups is 2. The molecule has 172 valence electrons. The summed E-state index contributed by atoms with van der Waals surface area (Å²) < 4.78 is 5.95. The molecule has 1 heterocycles. The van der Waals surface area contributed by atoms with E-state index in [2.05, 4.69) is 36.5 Å². The number of amides is 1. The van der Waals surface area contributed by atoms with Crippen molar-refractivity contribution in [2.75, 3.05) is 11.9 Å². The number of rotatable bonds is 8. The summed E-state index contributed by atoms with van der Waals surface area (Å²) in [6.45, 7) is 10.3. The topological polar surface area (TPSA) is 102 Å². The molecule has 3 saturated carbocycles. The number of esters is 1. The lowest BCUT2D eigenvalue weighted by Gasteiger charge is -2.62. The van der Waals surface area contributed by atoms with Crippen LogP contribution in [0.3, 0.4) is 0 Å². The third-order valence-corrected chi connectivity index (χ3v) is 7.65. The van der Waals surface area contributed by atoms with E-state index in [1.165, 1.54) is 12.6 Å². The Balaban J connectivity index is 1.65. The molecule has 0 radical (unpaired) electrons. The van der Waals surface area contributed by atoms with Gasteiger partial charge in [-0.2, -0.15) is 5.10 Å². The molecule has 1 aromatic heterocycles. The van der Waals surface area contributed by atoms with Gasteiger partial charge in [-0.3, -0.25) is 9.59 Å². The maximum Gasteiger partial charge on any atom is 0.328 e. The van der Waals surface area contributed by atoms with Crippen LogP contribution in [0.1, 0.15) is 53.9 Å². The second-order valence-corrected chi connectivity index (χ2v) is 9.70. The Morgan fingerprint density at radius 3 is 2.65 bits per heavy atom. The predicted octanol–water partition coefficient (Wildman–Crippen LogP) is 2.84. The van der Waals surface area contributed by atoms with E-state index in [-0.39, 0.29) is 24.2 Å². The summed E-state index contributed by atoms with van der Waals surface area (Å²) in [5.74, 6) is 0.796. The molecular weight excluding hydrogens is 420 g/mol. The van der Waals surface area contributed by atoms with Gasteiger partial charge in [0.2, 0.25) is 5.91 Å². The molecule has 0 aromatic carbocycles. The van der Waals surface area contributed by atoms with Gasteiger partial charge in [-0.15, -0.1) is 0 Å². The zero-order chi connectivity index (χ0) is 22.9. The minimum atomic E-state index is -0.761. The van der Waals surface area contributed by atoms with Crippen molar-refractivity contribution < 1.29 is 14.3 Å². The van der Waals surface area contributed by atoms with Crippen molar-refractivity contribution in [1.82, 2.24) is 15.1 Å². The highest BCUT2D eigenvalue weighted by Gasteiger charge is 2.56. The molecule has 4 rings (SSSR count). The number of aromatic nitrogens is 2. The second-order valence-electron chi connectivity index (χ2n) is 9.32. The van der Waals surface area contributed by atoms with E-state index < -0.39 is 23.5 Å². The van der Waals surface area contributed by atoms with E-state index in [4.69, 9.17) is 16.3 Å². The Labute approximate surface area is 188 Å². The predicted molar refractivity (Wildman–Crippen MR) is 119 cm³/mol. The van der Waals surface area contributed by atoms with Gasteiger partial charge in [0.15, 0.2) is 0 Å². The lowest BCUT2D eigenvalue weighted by molar-refractivity contribution is -0.147. The largest absolute Gasteiger partial charge is 0.464 e. The summed E-state index contributed by atoms with van der Waals surface area (Å²) in [6, 6.07) is -0.521.